The van der Waals surface area contributed by atoms with Crippen LogP contribution >= 0.6 is 0 Å². The van der Waals surface area contributed by atoms with E-state index in [1.807, 2.05) is 4.90 Å². The molecule has 0 aromatic heterocycles. The Kier molecular flexibility index (Phi) is 8.94. The minimum Gasteiger partial charge on any atom is -0.548 e. The maximum Gasteiger partial charge on any atom is 1.00 e. The Hall–Kier alpha value is -0.743. The Balaban J connectivity index is 0.00000338. The molecular formula is C18H32LiN3O4. The Morgan fingerprint density at radius 2 is 1.73 bits per heavy atom. The zero-order valence-corrected chi connectivity index (χ0v) is 17.0. The van der Waals surface area contributed by atoms with Crippen molar-refractivity contribution in [1.29, 1.82) is 0 Å². The standard InChI is InChI=1S/C18H33N3O4.Li/c1-18(2,3)25-17(24)21-12-11-20(15(13-21)16(22)23)10-7-14-5-8-19(4)9-6-14;/h14-15H,5-13H2,1-4H3,(H,22,23);/q;+1/p-1. The maximum absolute atomic E-state index is 12.2. The molecule has 1 atom stereocenters. The number of hydrogen-bond acceptors (Lipinski definition) is 6. The van der Waals surface area contributed by atoms with Gasteiger partial charge in [-0.05, 0) is 72.6 Å². The minimum absolute atomic E-state index is 0. The number of carboxylic acids is 1. The third-order valence-electron chi connectivity index (χ3n) is 5.08. The second-order valence-electron chi connectivity index (χ2n) is 8.33. The Morgan fingerprint density at radius 3 is 2.27 bits per heavy atom. The number of piperidine rings is 1. The maximum atomic E-state index is 12.2. The third-order valence-corrected chi connectivity index (χ3v) is 5.08. The van der Waals surface area contributed by atoms with Crippen molar-refractivity contribution >= 4 is 12.1 Å². The van der Waals surface area contributed by atoms with Gasteiger partial charge in [-0.3, -0.25) is 4.90 Å². The fraction of sp³-hybridized carbons (Fsp3) is 0.889. The van der Waals surface area contributed by atoms with Crippen molar-refractivity contribution in [3.63, 3.8) is 0 Å². The van der Waals surface area contributed by atoms with Crippen molar-refractivity contribution < 1.29 is 38.3 Å². The number of hydrogen-bond donors (Lipinski definition) is 0. The van der Waals surface area contributed by atoms with Gasteiger partial charge in [-0.1, -0.05) is 0 Å². The molecule has 0 radical (unpaired) electrons. The molecule has 144 valence electrons. The summed E-state index contributed by atoms with van der Waals surface area (Å²) in [6.07, 6.45) is 2.90. The molecule has 0 N–H and O–H groups in total. The predicted octanol–water partition coefficient (Wildman–Crippen LogP) is -2.61. The van der Waals surface area contributed by atoms with Crippen LogP contribution in [0.2, 0.25) is 0 Å². The van der Waals surface area contributed by atoms with Gasteiger partial charge in [-0.2, -0.15) is 0 Å². The van der Waals surface area contributed by atoms with E-state index in [4.69, 9.17) is 4.74 Å². The zero-order chi connectivity index (χ0) is 18.6. The molecule has 0 spiro atoms. The molecule has 1 unspecified atom stereocenters. The van der Waals surface area contributed by atoms with Gasteiger partial charge in [-0.15, -0.1) is 0 Å². The van der Waals surface area contributed by atoms with Gasteiger partial charge in [-0.25, -0.2) is 4.79 Å². The molecule has 1 amide bonds. The summed E-state index contributed by atoms with van der Waals surface area (Å²) in [5.41, 5.74) is -0.584. The molecule has 2 aliphatic heterocycles. The summed E-state index contributed by atoms with van der Waals surface area (Å²) in [6.45, 7) is 9.55. The molecular weight excluding hydrogens is 329 g/mol. The number of rotatable bonds is 4. The Labute approximate surface area is 169 Å². The number of carbonyl (C=O) groups excluding carboxylic acids is 2. The van der Waals surface area contributed by atoms with Crippen molar-refractivity contribution in [2.45, 2.75) is 51.7 Å². The number of likely N-dealkylation sites (tertiary alicyclic amines) is 1. The largest absolute Gasteiger partial charge is 1.00 e. The summed E-state index contributed by atoms with van der Waals surface area (Å²) in [5.74, 6) is -0.459. The van der Waals surface area contributed by atoms with Crippen LogP contribution in [0, 0.1) is 5.92 Å². The minimum atomic E-state index is -1.11. The van der Waals surface area contributed by atoms with Crippen LogP contribution in [0.1, 0.15) is 40.0 Å². The van der Waals surface area contributed by atoms with Gasteiger partial charge in [0.1, 0.15) is 5.60 Å². The second-order valence-corrected chi connectivity index (χ2v) is 8.33. The summed E-state index contributed by atoms with van der Waals surface area (Å²) in [5, 5.41) is 11.6. The van der Waals surface area contributed by atoms with E-state index >= 15 is 0 Å². The molecule has 2 fully saturated rings. The molecule has 8 heteroatoms. The number of aliphatic carboxylic acids is 1. The molecule has 0 saturated carbocycles. The topological polar surface area (TPSA) is 76.1 Å². The predicted molar refractivity (Wildman–Crippen MR) is 93.0 cm³/mol. The van der Waals surface area contributed by atoms with Gasteiger partial charge in [0, 0.05) is 19.6 Å². The van der Waals surface area contributed by atoms with Crippen LogP contribution in [-0.2, 0) is 9.53 Å². The van der Waals surface area contributed by atoms with Crippen LogP contribution in [0.25, 0.3) is 0 Å². The zero-order valence-electron chi connectivity index (χ0n) is 17.0. The first-order valence-electron chi connectivity index (χ1n) is 9.27. The summed E-state index contributed by atoms with van der Waals surface area (Å²) in [6, 6.07) is -0.757. The number of nitrogens with zero attached hydrogens (tertiary/aromatic N) is 3. The molecule has 7 nitrogen and oxygen atoms in total. The number of carboxylic acid groups (broad SMARTS) is 1. The fourth-order valence-electron chi connectivity index (χ4n) is 3.50. The van der Waals surface area contributed by atoms with Crippen LogP contribution in [0.4, 0.5) is 4.79 Å². The van der Waals surface area contributed by atoms with E-state index in [1.54, 1.807) is 20.8 Å². The smallest absolute Gasteiger partial charge is 0.548 e. The van der Waals surface area contributed by atoms with Crippen LogP contribution in [0.3, 0.4) is 0 Å². The summed E-state index contributed by atoms with van der Waals surface area (Å²) in [4.78, 5) is 29.5. The number of piperazine rings is 1. The van der Waals surface area contributed by atoms with E-state index in [9.17, 15) is 14.7 Å². The van der Waals surface area contributed by atoms with E-state index in [-0.39, 0.29) is 25.4 Å². The van der Waals surface area contributed by atoms with Crippen LogP contribution < -0.4 is 24.0 Å². The van der Waals surface area contributed by atoms with Crippen molar-refractivity contribution in [3.05, 3.63) is 0 Å². The Bertz CT molecular complexity index is 476. The molecule has 26 heavy (non-hydrogen) atoms. The second kappa shape index (κ2) is 9.98. The molecule has 0 aromatic carbocycles. The first-order valence-corrected chi connectivity index (χ1v) is 9.27. The van der Waals surface area contributed by atoms with Crippen LogP contribution in [0.5, 0.6) is 0 Å². The first kappa shape index (κ1) is 23.3. The molecule has 2 heterocycles. The summed E-state index contributed by atoms with van der Waals surface area (Å²) < 4.78 is 5.36. The molecule has 2 aliphatic rings. The van der Waals surface area contributed by atoms with Crippen molar-refractivity contribution in [2.75, 3.05) is 46.3 Å². The van der Waals surface area contributed by atoms with E-state index in [2.05, 4.69) is 11.9 Å². The van der Waals surface area contributed by atoms with Gasteiger partial charge < -0.3 is 24.4 Å². The average molecular weight is 361 g/mol. The summed E-state index contributed by atoms with van der Waals surface area (Å²) in [7, 11) is 2.14. The van der Waals surface area contributed by atoms with Crippen LogP contribution in [-0.4, -0.2) is 84.7 Å². The summed E-state index contributed by atoms with van der Waals surface area (Å²) >= 11 is 0. The SMILES string of the molecule is CN1CCC(CCN2CCN(C(=O)OC(C)(C)C)CC2C(=O)[O-])CC1.[Li+]. The average Bonchev–Trinajstić information content (AvgIpc) is 2.52. The number of carbonyl (C=O) groups is 2. The van der Waals surface area contributed by atoms with Crippen molar-refractivity contribution in [3.8, 4) is 0 Å². The quantitative estimate of drug-likeness (QED) is 0.511. The normalized spacial score (nSPS) is 23.4. The molecule has 0 aromatic rings. The number of ether oxygens (including phenoxy) is 1. The molecule has 0 bridgehead atoms. The van der Waals surface area contributed by atoms with Crippen molar-refractivity contribution in [2.24, 2.45) is 5.92 Å². The van der Waals surface area contributed by atoms with Gasteiger partial charge in [0.25, 0.3) is 0 Å². The fourth-order valence-corrected chi connectivity index (χ4v) is 3.50. The van der Waals surface area contributed by atoms with Crippen molar-refractivity contribution in [1.82, 2.24) is 14.7 Å². The van der Waals surface area contributed by atoms with Gasteiger partial charge in [0.05, 0.1) is 12.0 Å². The van der Waals surface area contributed by atoms with E-state index in [0.717, 1.165) is 26.1 Å². The monoisotopic (exact) mass is 361 g/mol. The van der Waals surface area contributed by atoms with E-state index in [1.165, 1.54) is 17.7 Å². The molecule has 2 saturated heterocycles. The molecule has 2 rings (SSSR count). The first-order chi connectivity index (χ1) is 11.7. The van der Waals surface area contributed by atoms with Crippen LogP contribution in [0.15, 0.2) is 0 Å². The van der Waals surface area contributed by atoms with E-state index < -0.39 is 23.7 Å². The third kappa shape index (κ3) is 7.11. The molecule has 0 aliphatic carbocycles. The van der Waals surface area contributed by atoms with E-state index in [0.29, 0.717) is 19.0 Å². The van der Waals surface area contributed by atoms with Gasteiger partial charge in [0.15, 0.2) is 0 Å². The van der Waals surface area contributed by atoms with Gasteiger partial charge in [0.2, 0.25) is 0 Å². The Morgan fingerprint density at radius 1 is 1.12 bits per heavy atom. The number of amides is 1. The van der Waals surface area contributed by atoms with Gasteiger partial charge >= 0.3 is 25.0 Å².